The first-order valence-electron chi connectivity index (χ1n) is 7.46. The first-order valence-corrected chi connectivity index (χ1v) is 8.34. The highest BCUT2D eigenvalue weighted by molar-refractivity contribution is 7.11. The molecular formula is C18H15N3O3S. The lowest BCUT2D eigenvalue weighted by Crippen LogP contribution is -2.12. The van der Waals surface area contributed by atoms with Gasteiger partial charge in [-0.2, -0.15) is 0 Å². The Kier molecular flexibility index (Phi) is 5.06. The van der Waals surface area contributed by atoms with E-state index in [9.17, 15) is 9.59 Å². The number of amides is 2. The molecule has 0 aliphatic rings. The van der Waals surface area contributed by atoms with E-state index in [2.05, 4.69) is 15.6 Å². The molecule has 0 atom stereocenters. The predicted molar refractivity (Wildman–Crippen MR) is 97.3 cm³/mol. The van der Waals surface area contributed by atoms with Crippen molar-refractivity contribution in [2.75, 3.05) is 10.6 Å². The summed E-state index contributed by atoms with van der Waals surface area (Å²) in [4.78, 5) is 27.3. The van der Waals surface area contributed by atoms with Crippen molar-refractivity contribution in [1.29, 1.82) is 0 Å². The molecule has 6 nitrogen and oxygen atoms in total. The lowest BCUT2D eigenvalue weighted by atomic mass is 10.2. The van der Waals surface area contributed by atoms with E-state index in [0.717, 1.165) is 0 Å². The van der Waals surface area contributed by atoms with Gasteiger partial charge in [0.15, 0.2) is 0 Å². The number of thiazole rings is 1. The van der Waals surface area contributed by atoms with E-state index in [1.165, 1.54) is 18.3 Å². The minimum Gasteiger partial charge on any atom is -0.431 e. The lowest BCUT2D eigenvalue weighted by Gasteiger charge is -2.08. The summed E-state index contributed by atoms with van der Waals surface area (Å²) in [6, 6.07) is 13.7. The maximum atomic E-state index is 12.3. The maximum Gasteiger partial charge on any atom is 0.278 e. The zero-order chi connectivity index (χ0) is 17.6. The second kappa shape index (κ2) is 7.59. The molecule has 0 unspecified atom stereocenters. The molecule has 25 heavy (non-hydrogen) atoms. The highest BCUT2D eigenvalue weighted by atomic mass is 32.1. The summed E-state index contributed by atoms with van der Waals surface area (Å²) in [5, 5.41) is 7.85. The van der Waals surface area contributed by atoms with Crippen LogP contribution in [0.2, 0.25) is 0 Å². The standard InChI is InChI=1S/C18H15N3O3S/c1-12(22)20-14-4-6-15(7-5-14)21-17(23)13-2-8-16(9-3-13)24-18-19-10-11-25-18/h2-11H,1H3,(H,20,22)(H,21,23). The van der Waals surface area contributed by atoms with Gasteiger partial charge in [-0.25, -0.2) is 4.98 Å². The molecule has 126 valence electrons. The lowest BCUT2D eigenvalue weighted by molar-refractivity contribution is -0.114. The number of hydrogen-bond donors (Lipinski definition) is 2. The van der Waals surface area contributed by atoms with E-state index in [1.807, 2.05) is 5.38 Å². The molecule has 3 aromatic rings. The van der Waals surface area contributed by atoms with E-state index >= 15 is 0 Å². The molecule has 0 aliphatic carbocycles. The van der Waals surface area contributed by atoms with Crippen LogP contribution in [0, 0.1) is 0 Å². The first kappa shape index (κ1) is 16.7. The molecule has 0 bridgehead atoms. The topological polar surface area (TPSA) is 80.3 Å². The van der Waals surface area contributed by atoms with Gasteiger partial charge in [-0.3, -0.25) is 9.59 Å². The fourth-order valence-corrected chi connectivity index (χ4v) is 2.58. The normalized spacial score (nSPS) is 10.1. The molecule has 0 saturated heterocycles. The van der Waals surface area contributed by atoms with Gasteiger partial charge in [0.25, 0.3) is 11.1 Å². The summed E-state index contributed by atoms with van der Waals surface area (Å²) in [5.74, 6) is 0.246. The largest absolute Gasteiger partial charge is 0.431 e. The number of carbonyl (C=O) groups is 2. The van der Waals surface area contributed by atoms with Crippen LogP contribution in [-0.2, 0) is 4.79 Å². The van der Waals surface area contributed by atoms with E-state index in [4.69, 9.17) is 4.74 Å². The molecule has 0 spiro atoms. The Bertz CT molecular complexity index is 860. The van der Waals surface area contributed by atoms with Gasteiger partial charge in [0.05, 0.1) is 0 Å². The zero-order valence-electron chi connectivity index (χ0n) is 13.4. The minimum atomic E-state index is -0.229. The van der Waals surface area contributed by atoms with Gasteiger partial charge < -0.3 is 15.4 Å². The summed E-state index contributed by atoms with van der Waals surface area (Å²) in [6.45, 7) is 1.44. The van der Waals surface area contributed by atoms with Gasteiger partial charge in [0.2, 0.25) is 5.91 Å². The van der Waals surface area contributed by atoms with Crippen LogP contribution in [0.4, 0.5) is 11.4 Å². The molecule has 1 aromatic heterocycles. The number of aromatic nitrogens is 1. The molecular weight excluding hydrogens is 338 g/mol. The van der Waals surface area contributed by atoms with Crippen LogP contribution in [0.1, 0.15) is 17.3 Å². The number of anilines is 2. The second-order valence-electron chi connectivity index (χ2n) is 5.14. The van der Waals surface area contributed by atoms with Crippen molar-refractivity contribution in [1.82, 2.24) is 4.98 Å². The average molecular weight is 353 g/mol. The SMILES string of the molecule is CC(=O)Nc1ccc(NC(=O)c2ccc(Oc3nccs3)cc2)cc1. The monoisotopic (exact) mass is 353 g/mol. The van der Waals surface area contributed by atoms with Gasteiger partial charge >= 0.3 is 0 Å². The maximum absolute atomic E-state index is 12.3. The van der Waals surface area contributed by atoms with Crippen molar-refractivity contribution in [3.8, 4) is 10.9 Å². The Morgan fingerprint density at radius 3 is 2.16 bits per heavy atom. The zero-order valence-corrected chi connectivity index (χ0v) is 14.2. The molecule has 1 heterocycles. The van der Waals surface area contributed by atoms with Gasteiger partial charge in [-0.15, -0.1) is 0 Å². The summed E-state index contributed by atoms with van der Waals surface area (Å²) in [6.07, 6.45) is 1.67. The van der Waals surface area contributed by atoms with Crippen molar-refractivity contribution in [2.24, 2.45) is 0 Å². The van der Waals surface area contributed by atoms with Crippen molar-refractivity contribution in [3.63, 3.8) is 0 Å². The predicted octanol–water partition coefficient (Wildman–Crippen LogP) is 4.15. The van der Waals surface area contributed by atoms with Crippen LogP contribution in [-0.4, -0.2) is 16.8 Å². The Hall–Kier alpha value is -3.19. The first-order chi connectivity index (χ1) is 12.1. The van der Waals surface area contributed by atoms with E-state index in [0.29, 0.717) is 27.9 Å². The number of ether oxygens (including phenoxy) is 1. The van der Waals surface area contributed by atoms with Gasteiger partial charge in [0, 0.05) is 35.4 Å². The van der Waals surface area contributed by atoms with Crippen molar-refractivity contribution >= 4 is 34.5 Å². The van der Waals surface area contributed by atoms with Crippen LogP contribution in [0.25, 0.3) is 0 Å². The van der Waals surface area contributed by atoms with E-state index in [1.54, 1.807) is 54.7 Å². The number of hydrogen-bond acceptors (Lipinski definition) is 5. The van der Waals surface area contributed by atoms with Gasteiger partial charge in [-0.1, -0.05) is 11.3 Å². The van der Waals surface area contributed by atoms with Crippen LogP contribution in [0.5, 0.6) is 10.9 Å². The average Bonchev–Trinajstić information content (AvgIpc) is 3.10. The minimum absolute atomic E-state index is 0.142. The number of nitrogens with one attached hydrogen (secondary N) is 2. The third-order valence-electron chi connectivity index (χ3n) is 3.19. The van der Waals surface area contributed by atoms with E-state index in [-0.39, 0.29) is 11.8 Å². The molecule has 0 radical (unpaired) electrons. The molecule has 2 N–H and O–H groups in total. The highest BCUT2D eigenvalue weighted by Gasteiger charge is 2.07. The fourth-order valence-electron chi connectivity index (χ4n) is 2.08. The van der Waals surface area contributed by atoms with E-state index < -0.39 is 0 Å². The summed E-state index contributed by atoms with van der Waals surface area (Å²) < 4.78 is 5.56. The summed E-state index contributed by atoms with van der Waals surface area (Å²) in [5.41, 5.74) is 1.83. The summed E-state index contributed by atoms with van der Waals surface area (Å²) in [7, 11) is 0. The molecule has 0 fully saturated rings. The van der Waals surface area contributed by atoms with Crippen molar-refractivity contribution in [3.05, 3.63) is 65.7 Å². The van der Waals surface area contributed by atoms with Gasteiger partial charge in [-0.05, 0) is 48.5 Å². The van der Waals surface area contributed by atoms with Gasteiger partial charge in [0.1, 0.15) is 5.75 Å². The Morgan fingerprint density at radius 1 is 0.960 bits per heavy atom. The molecule has 2 aromatic carbocycles. The molecule has 0 aliphatic heterocycles. The van der Waals surface area contributed by atoms with Crippen molar-refractivity contribution < 1.29 is 14.3 Å². The highest BCUT2D eigenvalue weighted by Crippen LogP contribution is 2.23. The summed E-state index contributed by atoms with van der Waals surface area (Å²) >= 11 is 1.40. The third kappa shape index (κ3) is 4.65. The smallest absolute Gasteiger partial charge is 0.278 e. The van der Waals surface area contributed by atoms with Crippen LogP contribution >= 0.6 is 11.3 Å². The number of nitrogens with zero attached hydrogens (tertiary/aromatic N) is 1. The van der Waals surface area contributed by atoms with Crippen LogP contribution < -0.4 is 15.4 Å². The second-order valence-corrected chi connectivity index (χ2v) is 5.99. The van der Waals surface area contributed by atoms with Crippen molar-refractivity contribution in [2.45, 2.75) is 6.92 Å². The Balaban J connectivity index is 1.61. The van der Waals surface area contributed by atoms with Crippen LogP contribution in [0.3, 0.4) is 0 Å². The number of benzene rings is 2. The number of carbonyl (C=O) groups excluding carboxylic acids is 2. The molecule has 7 heteroatoms. The third-order valence-corrected chi connectivity index (χ3v) is 3.84. The number of rotatable bonds is 5. The quantitative estimate of drug-likeness (QED) is 0.722. The Labute approximate surface area is 148 Å². The molecule has 0 saturated carbocycles. The fraction of sp³-hybridized carbons (Fsp3) is 0.0556. The molecule has 2 amide bonds. The Morgan fingerprint density at radius 2 is 1.60 bits per heavy atom. The van der Waals surface area contributed by atoms with Crippen LogP contribution in [0.15, 0.2) is 60.1 Å². The molecule has 3 rings (SSSR count).